The average Bonchev–Trinajstić information content (AvgIpc) is 2.80. The SMILES string of the molecule is [3H][B]SOCC(C)(C)[C@]1(OC)O[C@H](CC=C)C/C(=C\C(=O)OC)[C@@H]1OC(=O)CCCCCCC. The van der Waals surface area contributed by atoms with E-state index in [1.165, 1.54) is 20.3 Å². The molecule has 0 amide bonds. The summed E-state index contributed by atoms with van der Waals surface area (Å²) in [6, 6.07) is 0. The third kappa shape index (κ3) is 8.46. The molecule has 0 saturated carbocycles. The highest BCUT2D eigenvalue weighted by Gasteiger charge is 2.59. The highest BCUT2D eigenvalue weighted by Crippen LogP contribution is 2.48. The number of esters is 2. The van der Waals surface area contributed by atoms with Crippen LogP contribution in [0.15, 0.2) is 24.3 Å². The Morgan fingerprint density at radius 2 is 2.06 bits per heavy atom. The Morgan fingerprint density at radius 1 is 1.33 bits per heavy atom. The Balaban J connectivity index is 3.33. The predicted octanol–water partition coefficient (Wildman–Crippen LogP) is 4.57. The molecule has 1 fully saturated rings. The maximum absolute atomic E-state index is 12.9. The van der Waals surface area contributed by atoms with Gasteiger partial charge in [0.1, 0.15) is 0 Å². The molecule has 7 nitrogen and oxygen atoms in total. The summed E-state index contributed by atoms with van der Waals surface area (Å²) in [6.07, 6.45) is 7.89. The first-order valence-electron chi connectivity index (χ1n) is 12.1. The van der Waals surface area contributed by atoms with Crippen molar-refractivity contribution in [1.29, 1.82) is 1.34 Å². The molecule has 1 heterocycles. The molecule has 0 spiro atoms. The van der Waals surface area contributed by atoms with Crippen molar-refractivity contribution in [3.63, 3.8) is 0 Å². The Kier molecular flexibility index (Phi) is 12.6. The van der Waals surface area contributed by atoms with Crippen molar-refractivity contribution < 1.29 is 32.7 Å². The van der Waals surface area contributed by atoms with Crippen LogP contribution >= 0.6 is 11.9 Å². The quantitative estimate of drug-likeness (QED) is 0.0786. The molecule has 0 aliphatic carbocycles. The maximum atomic E-state index is 12.9. The highest BCUT2D eigenvalue weighted by atomic mass is 32.2. The van der Waals surface area contributed by atoms with E-state index in [4.69, 9.17) is 24.5 Å². The van der Waals surface area contributed by atoms with Gasteiger partial charge in [-0.15, -0.1) is 6.58 Å². The maximum Gasteiger partial charge on any atom is 0.330 e. The van der Waals surface area contributed by atoms with E-state index in [2.05, 4.69) is 13.5 Å². The van der Waals surface area contributed by atoms with Crippen LogP contribution in [-0.4, -0.2) is 59.2 Å². The minimum Gasteiger partial charge on any atom is -0.466 e. The molecule has 1 aliphatic rings. The van der Waals surface area contributed by atoms with E-state index in [0.29, 0.717) is 18.4 Å². The number of hydrogen-bond acceptors (Lipinski definition) is 8. The number of carbonyl (C=O) groups is 2. The van der Waals surface area contributed by atoms with Gasteiger partial charge in [-0.3, -0.25) is 4.79 Å². The molecular formula is C24H40BO7S. The lowest BCUT2D eigenvalue weighted by atomic mass is 9.75. The van der Waals surface area contributed by atoms with Crippen molar-refractivity contribution in [3.05, 3.63) is 24.3 Å². The van der Waals surface area contributed by atoms with Gasteiger partial charge in [0.15, 0.2) is 6.10 Å². The Hall–Kier alpha value is -1.29. The van der Waals surface area contributed by atoms with Gasteiger partial charge in [-0.05, 0) is 26.2 Å². The summed E-state index contributed by atoms with van der Waals surface area (Å²) in [4.78, 5) is 25.1. The monoisotopic (exact) mass is 485 g/mol. The van der Waals surface area contributed by atoms with Crippen LogP contribution in [0, 0.1) is 5.41 Å². The van der Waals surface area contributed by atoms with Crippen molar-refractivity contribution in [1.82, 2.24) is 0 Å². The number of ether oxygens (including phenoxy) is 4. The number of unbranched alkanes of at least 4 members (excludes halogenated alkanes) is 4. The molecule has 1 rings (SSSR count). The molecule has 1 aliphatic heterocycles. The Labute approximate surface area is 205 Å². The number of carbonyl (C=O) groups excluding carboxylic acids is 2. The summed E-state index contributed by atoms with van der Waals surface area (Å²) in [7, 11) is 3.87. The molecule has 9 heteroatoms. The second kappa shape index (κ2) is 14.9. The van der Waals surface area contributed by atoms with Crippen LogP contribution in [0.1, 0.15) is 72.1 Å². The fraction of sp³-hybridized carbons (Fsp3) is 0.750. The lowest BCUT2D eigenvalue weighted by molar-refractivity contribution is -0.347. The van der Waals surface area contributed by atoms with Crippen molar-refractivity contribution in [2.45, 2.75) is 90.1 Å². The van der Waals surface area contributed by atoms with Gasteiger partial charge in [-0.1, -0.05) is 64.4 Å². The molecule has 187 valence electrons. The van der Waals surface area contributed by atoms with Gasteiger partial charge in [-0.25, -0.2) is 4.79 Å². The van der Waals surface area contributed by atoms with E-state index in [9.17, 15) is 9.59 Å². The zero-order valence-corrected chi connectivity index (χ0v) is 21.5. The fourth-order valence-electron chi connectivity index (χ4n) is 4.07. The van der Waals surface area contributed by atoms with E-state index in [-0.39, 0.29) is 25.1 Å². The molecule has 0 unspecified atom stereocenters. The highest BCUT2D eigenvalue weighted by molar-refractivity contribution is 8.15. The van der Waals surface area contributed by atoms with Gasteiger partial charge in [0.05, 0.1) is 19.8 Å². The standard InChI is InChI=1S/C24H40BO7S/c1-7-9-10-11-12-14-20(26)31-22-18(16-21(27)28-5)15-19(13-8-2)32-24(22,29-6)23(3,4)17-30-33-25/h8,16,19,22,25H,2,7,9-15,17H2,1,3-6H3/b18-16+/t19-,22+,24-/m1/s1/i25T. The smallest absolute Gasteiger partial charge is 0.330 e. The van der Waals surface area contributed by atoms with Crippen LogP contribution in [0.2, 0.25) is 0 Å². The van der Waals surface area contributed by atoms with E-state index < -0.39 is 23.3 Å². The lowest BCUT2D eigenvalue weighted by Gasteiger charge is -2.53. The van der Waals surface area contributed by atoms with Gasteiger partial charge in [0.2, 0.25) is 12.9 Å². The van der Waals surface area contributed by atoms with E-state index in [1.807, 2.05) is 13.8 Å². The second-order valence-electron chi connectivity index (χ2n) is 8.86. The van der Waals surface area contributed by atoms with Crippen molar-refractivity contribution in [2.75, 3.05) is 20.8 Å². The number of rotatable bonds is 16. The zero-order chi connectivity index (χ0) is 25.6. The summed E-state index contributed by atoms with van der Waals surface area (Å²) >= 11 is 0.885. The Morgan fingerprint density at radius 3 is 2.67 bits per heavy atom. The Bertz CT molecular complexity index is 688. The van der Waals surface area contributed by atoms with E-state index in [1.54, 1.807) is 6.08 Å². The van der Waals surface area contributed by atoms with Crippen LogP contribution < -0.4 is 0 Å². The summed E-state index contributed by atoms with van der Waals surface area (Å²) in [5.41, 5.74) is -0.280. The lowest BCUT2D eigenvalue weighted by Crippen LogP contribution is -2.64. The number of methoxy groups -OCH3 is 2. The molecule has 3 atom stereocenters. The first-order valence-corrected chi connectivity index (χ1v) is 12.3. The van der Waals surface area contributed by atoms with Gasteiger partial charge in [-0.2, -0.15) is 0 Å². The molecule has 33 heavy (non-hydrogen) atoms. The zero-order valence-electron chi connectivity index (χ0n) is 21.7. The summed E-state index contributed by atoms with van der Waals surface area (Å²) in [5, 5.41) is 0. The van der Waals surface area contributed by atoms with Crippen molar-refractivity contribution >= 4 is 30.9 Å². The molecule has 0 N–H and O–H groups in total. The topological polar surface area (TPSA) is 80.3 Å². The van der Waals surface area contributed by atoms with Gasteiger partial charge in [0, 0.05) is 25.0 Å². The molecule has 0 bridgehead atoms. The average molecular weight is 485 g/mol. The predicted molar refractivity (Wildman–Crippen MR) is 132 cm³/mol. The first-order chi connectivity index (χ1) is 16.2. The van der Waals surface area contributed by atoms with Crippen molar-refractivity contribution in [2.24, 2.45) is 5.41 Å². The molecule has 0 aromatic rings. The first kappa shape index (κ1) is 28.0. The molecular weight excluding hydrogens is 443 g/mol. The molecule has 0 aromatic heterocycles. The van der Waals surface area contributed by atoms with Crippen LogP contribution in [0.25, 0.3) is 0 Å². The molecule has 1 saturated heterocycles. The van der Waals surface area contributed by atoms with E-state index >= 15 is 0 Å². The van der Waals surface area contributed by atoms with Gasteiger partial charge in [0.25, 0.3) is 0 Å². The van der Waals surface area contributed by atoms with Crippen LogP contribution in [-0.2, 0) is 32.7 Å². The van der Waals surface area contributed by atoms with Crippen LogP contribution in [0.4, 0.5) is 0 Å². The largest absolute Gasteiger partial charge is 0.466 e. The third-order valence-corrected chi connectivity index (χ3v) is 6.14. The van der Waals surface area contributed by atoms with Crippen molar-refractivity contribution in [3.8, 4) is 0 Å². The fourth-order valence-corrected chi connectivity index (χ4v) is 4.43. The third-order valence-electron chi connectivity index (χ3n) is 5.89. The van der Waals surface area contributed by atoms with E-state index in [0.717, 1.165) is 51.1 Å². The molecule has 0 aromatic carbocycles. The minimum atomic E-state index is -1.45. The second-order valence-corrected chi connectivity index (χ2v) is 9.29. The van der Waals surface area contributed by atoms with Gasteiger partial charge >= 0.3 is 11.9 Å². The van der Waals surface area contributed by atoms with Crippen LogP contribution in [0.3, 0.4) is 0 Å². The molecule has 1 radical (unpaired) electrons. The normalized spacial score (nSPS) is 24.8. The summed E-state index contributed by atoms with van der Waals surface area (Å²) in [5.74, 6) is -2.37. The summed E-state index contributed by atoms with van der Waals surface area (Å²) in [6.45, 7) is 9.83. The van der Waals surface area contributed by atoms with Gasteiger partial charge < -0.3 is 23.1 Å². The number of hydrogen-bond donors (Lipinski definition) is 0. The minimum absolute atomic E-state index is 0.137. The summed E-state index contributed by atoms with van der Waals surface area (Å²) < 4.78 is 36.1. The van der Waals surface area contributed by atoms with Crippen LogP contribution in [0.5, 0.6) is 0 Å².